The molecule has 0 radical (unpaired) electrons. The topological polar surface area (TPSA) is 75.4 Å². The van der Waals surface area contributed by atoms with E-state index in [0.29, 0.717) is 0 Å². The zero-order valence-electron chi connectivity index (χ0n) is 11.9. The number of aromatic nitrogens is 2. The summed E-state index contributed by atoms with van der Waals surface area (Å²) >= 11 is 0. The Bertz CT molecular complexity index is 428. The third-order valence-electron chi connectivity index (χ3n) is 3.56. The van der Waals surface area contributed by atoms with Crippen LogP contribution in [-0.2, 0) is 4.79 Å². The number of carbonyl (C=O) groups excluding carboxylic acids is 1. The van der Waals surface area contributed by atoms with Gasteiger partial charge >= 0.3 is 0 Å². The average Bonchev–Trinajstić information content (AvgIpc) is 2.46. The zero-order valence-corrected chi connectivity index (χ0v) is 12.7. The maximum absolute atomic E-state index is 11.9. The Labute approximate surface area is 125 Å². The lowest BCUT2D eigenvalue weighted by Crippen LogP contribution is -2.52. The number of anilines is 1. The minimum absolute atomic E-state index is 0. The van der Waals surface area contributed by atoms with Crippen LogP contribution in [0.5, 0.6) is 0 Å². The summed E-state index contributed by atoms with van der Waals surface area (Å²) in [5.41, 5.74) is 5.66. The summed E-state index contributed by atoms with van der Waals surface area (Å²) in [6.45, 7) is 3.46. The molecule has 0 aliphatic carbocycles. The summed E-state index contributed by atoms with van der Waals surface area (Å²) in [4.78, 5) is 15.9. The van der Waals surface area contributed by atoms with Crippen LogP contribution in [0.25, 0.3) is 0 Å². The Morgan fingerprint density at radius 1 is 1.60 bits per heavy atom. The van der Waals surface area contributed by atoms with Crippen LogP contribution in [0.4, 0.5) is 5.82 Å². The van der Waals surface area contributed by atoms with Crippen molar-refractivity contribution in [1.29, 1.82) is 0 Å². The van der Waals surface area contributed by atoms with Crippen LogP contribution in [-0.4, -0.2) is 53.2 Å². The highest BCUT2D eigenvalue weighted by Crippen LogP contribution is 2.19. The van der Waals surface area contributed by atoms with Crippen LogP contribution in [0.2, 0.25) is 0 Å². The van der Waals surface area contributed by atoms with Gasteiger partial charge in [-0.15, -0.1) is 17.5 Å². The first-order valence-electron chi connectivity index (χ1n) is 6.64. The monoisotopic (exact) mass is 299 g/mol. The van der Waals surface area contributed by atoms with E-state index >= 15 is 0 Å². The maximum atomic E-state index is 11.9. The van der Waals surface area contributed by atoms with E-state index in [0.717, 1.165) is 31.7 Å². The Kier molecular flexibility index (Phi) is 6.16. The van der Waals surface area contributed by atoms with E-state index in [1.165, 1.54) is 0 Å². The summed E-state index contributed by atoms with van der Waals surface area (Å²) in [7, 11) is 1.83. The highest BCUT2D eigenvalue weighted by molar-refractivity contribution is 5.85. The van der Waals surface area contributed by atoms with Gasteiger partial charge in [0.25, 0.3) is 0 Å². The van der Waals surface area contributed by atoms with Crippen molar-refractivity contribution in [1.82, 2.24) is 15.1 Å². The van der Waals surface area contributed by atoms with Crippen molar-refractivity contribution in [2.75, 3.05) is 25.0 Å². The molecule has 112 valence electrons. The van der Waals surface area contributed by atoms with Crippen molar-refractivity contribution >= 4 is 24.1 Å². The number of halogens is 1. The number of rotatable bonds is 3. The van der Waals surface area contributed by atoms with Crippen molar-refractivity contribution in [3.05, 3.63) is 18.3 Å². The fourth-order valence-electron chi connectivity index (χ4n) is 2.44. The fourth-order valence-corrected chi connectivity index (χ4v) is 2.44. The second-order valence-electron chi connectivity index (χ2n) is 5.06. The molecule has 1 aliphatic rings. The van der Waals surface area contributed by atoms with Crippen LogP contribution in [0.15, 0.2) is 18.3 Å². The van der Waals surface area contributed by atoms with E-state index in [-0.39, 0.29) is 24.4 Å². The molecule has 1 fully saturated rings. The highest BCUT2D eigenvalue weighted by Gasteiger charge is 2.27. The van der Waals surface area contributed by atoms with Crippen molar-refractivity contribution in [3.8, 4) is 0 Å². The molecule has 0 bridgehead atoms. The first-order valence-corrected chi connectivity index (χ1v) is 6.64. The molecule has 0 aromatic carbocycles. The molecule has 1 aliphatic heterocycles. The van der Waals surface area contributed by atoms with Crippen LogP contribution in [0.3, 0.4) is 0 Å². The van der Waals surface area contributed by atoms with Crippen LogP contribution in [0, 0.1) is 0 Å². The number of likely N-dealkylation sites (N-methyl/N-ethyl adjacent to an activating group) is 1. The highest BCUT2D eigenvalue weighted by atomic mass is 35.5. The lowest BCUT2D eigenvalue weighted by atomic mass is 10.0. The fraction of sp³-hybridized carbons (Fsp3) is 0.615. The molecule has 0 saturated carbocycles. The third kappa shape index (κ3) is 3.80. The molecule has 2 rings (SSSR count). The standard InChI is InChI=1S/C13H21N5O.ClH/c1-10(14)13(19)17(2)11-5-4-8-18(9-11)12-6-3-7-15-16-12;/h3,6-7,10-11H,4-5,8-9,14H2,1-2H3;1H. The molecule has 1 amide bonds. The Morgan fingerprint density at radius 2 is 2.35 bits per heavy atom. The van der Waals surface area contributed by atoms with Crippen LogP contribution >= 0.6 is 12.4 Å². The van der Waals surface area contributed by atoms with E-state index in [1.807, 2.05) is 19.2 Å². The molecule has 0 spiro atoms. The van der Waals surface area contributed by atoms with Crippen molar-refractivity contribution in [2.24, 2.45) is 5.73 Å². The van der Waals surface area contributed by atoms with Crippen LogP contribution in [0.1, 0.15) is 19.8 Å². The SMILES string of the molecule is CC(N)C(=O)N(C)C1CCCN(c2cccnn2)C1.Cl. The van der Waals surface area contributed by atoms with Gasteiger partial charge in [0.2, 0.25) is 5.91 Å². The van der Waals surface area contributed by atoms with Gasteiger partial charge < -0.3 is 15.5 Å². The van der Waals surface area contributed by atoms with Gasteiger partial charge in [-0.05, 0) is 31.9 Å². The largest absolute Gasteiger partial charge is 0.353 e. The molecule has 2 heterocycles. The predicted molar refractivity (Wildman–Crippen MR) is 80.9 cm³/mol. The molecular formula is C13H22ClN5O. The van der Waals surface area contributed by atoms with E-state index in [4.69, 9.17) is 5.73 Å². The summed E-state index contributed by atoms with van der Waals surface area (Å²) in [6, 6.07) is 3.57. The van der Waals surface area contributed by atoms with Crippen molar-refractivity contribution in [3.63, 3.8) is 0 Å². The minimum atomic E-state index is -0.447. The van der Waals surface area contributed by atoms with Gasteiger partial charge in [0, 0.05) is 32.4 Å². The summed E-state index contributed by atoms with van der Waals surface area (Å²) < 4.78 is 0. The lowest BCUT2D eigenvalue weighted by Gasteiger charge is -2.38. The second kappa shape index (κ2) is 7.40. The number of nitrogens with two attached hydrogens (primary N) is 1. The van der Waals surface area contributed by atoms with E-state index in [1.54, 1.807) is 18.0 Å². The lowest BCUT2D eigenvalue weighted by molar-refractivity contribution is -0.133. The quantitative estimate of drug-likeness (QED) is 0.888. The number of hydrogen-bond acceptors (Lipinski definition) is 5. The minimum Gasteiger partial charge on any atom is -0.353 e. The van der Waals surface area contributed by atoms with Gasteiger partial charge in [0.05, 0.1) is 6.04 Å². The number of piperidine rings is 1. The van der Waals surface area contributed by atoms with Gasteiger partial charge in [-0.1, -0.05) is 0 Å². The van der Waals surface area contributed by atoms with E-state index in [2.05, 4.69) is 15.1 Å². The molecule has 1 aromatic heterocycles. The molecule has 2 N–H and O–H groups in total. The summed E-state index contributed by atoms with van der Waals surface area (Å²) in [5, 5.41) is 8.02. The molecule has 2 atom stereocenters. The Morgan fingerprint density at radius 3 is 2.95 bits per heavy atom. The molecular weight excluding hydrogens is 278 g/mol. The Balaban J connectivity index is 0.00000200. The van der Waals surface area contributed by atoms with Crippen molar-refractivity contribution in [2.45, 2.75) is 31.8 Å². The van der Waals surface area contributed by atoms with Gasteiger partial charge in [-0.3, -0.25) is 4.79 Å². The van der Waals surface area contributed by atoms with Crippen LogP contribution < -0.4 is 10.6 Å². The Hall–Kier alpha value is -1.40. The van der Waals surface area contributed by atoms with Crippen molar-refractivity contribution < 1.29 is 4.79 Å². The first-order chi connectivity index (χ1) is 9.09. The average molecular weight is 300 g/mol. The van der Waals surface area contributed by atoms with Gasteiger partial charge in [-0.25, -0.2) is 0 Å². The second-order valence-corrected chi connectivity index (χ2v) is 5.06. The molecule has 6 nitrogen and oxygen atoms in total. The molecule has 1 aromatic rings. The maximum Gasteiger partial charge on any atom is 0.239 e. The predicted octanol–water partition coefficient (Wildman–Crippen LogP) is 0.673. The molecule has 1 saturated heterocycles. The van der Waals surface area contributed by atoms with E-state index in [9.17, 15) is 4.79 Å². The van der Waals surface area contributed by atoms with Gasteiger partial charge in [-0.2, -0.15) is 5.10 Å². The number of nitrogens with zero attached hydrogens (tertiary/aromatic N) is 4. The number of hydrogen-bond donors (Lipinski definition) is 1. The third-order valence-corrected chi connectivity index (χ3v) is 3.56. The molecule has 2 unspecified atom stereocenters. The summed E-state index contributed by atoms with van der Waals surface area (Å²) in [5.74, 6) is 0.861. The molecule has 20 heavy (non-hydrogen) atoms. The number of carbonyl (C=O) groups is 1. The molecule has 7 heteroatoms. The normalized spacial score (nSPS) is 19.9. The zero-order chi connectivity index (χ0) is 13.8. The van der Waals surface area contributed by atoms with Gasteiger partial charge in [0.15, 0.2) is 5.82 Å². The number of amides is 1. The van der Waals surface area contributed by atoms with Gasteiger partial charge in [0.1, 0.15) is 0 Å². The summed E-state index contributed by atoms with van der Waals surface area (Å²) in [6.07, 6.45) is 3.71. The van der Waals surface area contributed by atoms with E-state index < -0.39 is 6.04 Å². The smallest absolute Gasteiger partial charge is 0.239 e. The first kappa shape index (κ1) is 16.7.